The summed E-state index contributed by atoms with van der Waals surface area (Å²) in [5.41, 5.74) is 3.84. The first-order valence-corrected chi connectivity index (χ1v) is 13.5. The summed E-state index contributed by atoms with van der Waals surface area (Å²) in [5, 5.41) is 0. The highest BCUT2D eigenvalue weighted by Gasteiger charge is 2.19. The normalized spacial score (nSPS) is 12.0. The summed E-state index contributed by atoms with van der Waals surface area (Å²) in [5.74, 6) is 1.78. The van der Waals surface area contributed by atoms with Crippen LogP contribution in [0.2, 0.25) is 0 Å². The van der Waals surface area contributed by atoms with E-state index in [-0.39, 0.29) is 5.41 Å². The smallest absolute Gasteiger partial charge is 0.119 e. The number of likely N-dealkylation sites (N-methyl/N-ethyl adjacent to an activating group) is 1. The van der Waals surface area contributed by atoms with Gasteiger partial charge in [0, 0.05) is 13.1 Å². The van der Waals surface area contributed by atoms with E-state index in [4.69, 9.17) is 14.2 Å². The molecule has 202 valence electrons. The van der Waals surface area contributed by atoms with Crippen molar-refractivity contribution in [1.82, 2.24) is 4.90 Å². The predicted octanol–water partition coefficient (Wildman–Crippen LogP) is 7.75. The molecule has 2 aromatic carbocycles. The summed E-state index contributed by atoms with van der Waals surface area (Å²) in [6.07, 6.45) is 10.5. The molecule has 4 nitrogen and oxygen atoms in total. The van der Waals surface area contributed by atoms with Crippen molar-refractivity contribution >= 4 is 0 Å². The van der Waals surface area contributed by atoms with Gasteiger partial charge in [-0.25, -0.2) is 0 Å². The molecule has 37 heavy (non-hydrogen) atoms. The molecule has 0 aromatic heterocycles. The molecule has 0 aliphatic rings. The Morgan fingerprint density at radius 1 is 0.892 bits per heavy atom. The molecule has 0 N–H and O–H groups in total. The van der Waals surface area contributed by atoms with Crippen molar-refractivity contribution in [3.05, 3.63) is 96.6 Å². The predicted molar refractivity (Wildman–Crippen MR) is 157 cm³/mol. The minimum absolute atomic E-state index is 0.209. The molecule has 0 aliphatic heterocycles. The van der Waals surface area contributed by atoms with Crippen LogP contribution in [0.1, 0.15) is 57.6 Å². The van der Waals surface area contributed by atoms with Crippen LogP contribution in [-0.2, 0) is 16.7 Å². The van der Waals surface area contributed by atoms with Crippen LogP contribution in [0.15, 0.2) is 85.5 Å². The van der Waals surface area contributed by atoms with Gasteiger partial charge >= 0.3 is 0 Å². The van der Waals surface area contributed by atoms with E-state index in [9.17, 15) is 0 Å². The second-order valence-corrected chi connectivity index (χ2v) is 10.2. The molecule has 0 amide bonds. The van der Waals surface area contributed by atoms with Crippen LogP contribution in [0, 0.1) is 0 Å². The van der Waals surface area contributed by atoms with Crippen LogP contribution in [0.3, 0.4) is 0 Å². The van der Waals surface area contributed by atoms with Crippen LogP contribution in [0.25, 0.3) is 0 Å². The van der Waals surface area contributed by atoms with Gasteiger partial charge in [-0.15, -0.1) is 0 Å². The largest absolute Gasteiger partial charge is 0.492 e. The van der Waals surface area contributed by atoms with Crippen molar-refractivity contribution in [2.75, 3.05) is 40.0 Å². The molecule has 0 aliphatic carbocycles. The van der Waals surface area contributed by atoms with Crippen molar-refractivity contribution in [2.24, 2.45) is 0 Å². The maximum absolute atomic E-state index is 6.01. The van der Waals surface area contributed by atoms with Gasteiger partial charge in [-0.3, -0.25) is 4.90 Å². The second kappa shape index (κ2) is 16.8. The van der Waals surface area contributed by atoms with Crippen molar-refractivity contribution in [3.63, 3.8) is 0 Å². The van der Waals surface area contributed by atoms with Crippen LogP contribution in [0.5, 0.6) is 11.5 Å². The van der Waals surface area contributed by atoms with Crippen molar-refractivity contribution in [2.45, 2.75) is 58.4 Å². The number of hydrogen-bond acceptors (Lipinski definition) is 4. The lowest BCUT2D eigenvalue weighted by molar-refractivity contribution is 0.118. The Bertz CT molecular complexity index is 945. The van der Waals surface area contributed by atoms with E-state index in [1.165, 1.54) is 36.8 Å². The molecule has 4 heteroatoms. The van der Waals surface area contributed by atoms with E-state index >= 15 is 0 Å². The molecule has 0 heterocycles. The van der Waals surface area contributed by atoms with Crippen LogP contribution in [-0.4, -0.2) is 44.9 Å². The van der Waals surface area contributed by atoms with E-state index < -0.39 is 0 Å². The minimum Gasteiger partial charge on any atom is -0.492 e. The lowest BCUT2D eigenvalue weighted by Gasteiger charge is -2.25. The standard InChI is InChI=1S/C33H47NO3/c1-7-10-11-21-33(4,5)30-15-19-32(20-16-30)36-23-22-34(6)26-29-13-17-31(18-14-29)37-25-24-35-27-28(9-3)12-8-2/h8-9,12-20H,2-3,7,10-11,21-27H2,1,4-6H3/b28-12+. The molecular formula is C33H47NO3. The van der Waals surface area contributed by atoms with Gasteiger partial charge in [0.15, 0.2) is 0 Å². The molecular weight excluding hydrogens is 458 g/mol. The zero-order valence-corrected chi connectivity index (χ0v) is 23.5. The number of benzene rings is 2. The third-order valence-electron chi connectivity index (χ3n) is 6.52. The Morgan fingerprint density at radius 2 is 1.54 bits per heavy atom. The summed E-state index contributed by atoms with van der Waals surface area (Å²) >= 11 is 0. The van der Waals surface area contributed by atoms with Crippen LogP contribution < -0.4 is 9.47 Å². The number of rotatable bonds is 19. The first-order valence-electron chi connectivity index (χ1n) is 13.5. The van der Waals surface area contributed by atoms with Crippen LogP contribution >= 0.6 is 0 Å². The van der Waals surface area contributed by atoms with Crippen molar-refractivity contribution in [3.8, 4) is 11.5 Å². The highest BCUT2D eigenvalue weighted by atomic mass is 16.5. The average Bonchev–Trinajstić information content (AvgIpc) is 2.89. The highest BCUT2D eigenvalue weighted by Crippen LogP contribution is 2.30. The van der Waals surface area contributed by atoms with Gasteiger partial charge in [0.1, 0.15) is 24.7 Å². The van der Waals surface area contributed by atoms with Gasteiger partial charge < -0.3 is 14.2 Å². The Hall–Kier alpha value is -2.82. The first-order chi connectivity index (χ1) is 17.9. The summed E-state index contributed by atoms with van der Waals surface area (Å²) in [6, 6.07) is 16.9. The quantitative estimate of drug-likeness (QED) is 0.144. The molecule has 2 rings (SSSR count). The third-order valence-corrected chi connectivity index (χ3v) is 6.52. The van der Waals surface area contributed by atoms with E-state index in [1.54, 1.807) is 12.2 Å². The second-order valence-electron chi connectivity index (χ2n) is 10.2. The fourth-order valence-corrected chi connectivity index (χ4v) is 4.10. The van der Waals surface area contributed by atoms with Gasteiger partial charge in [-0.2, -0.15) is 0 Å². The highest BCUT2D eigenvalue weighted by molar-refractivity contribution is 5.31. The SMILES string of the molecule is C=C/C=C(\C=C)COCCOc1ccc(CN(C)CCOc2ccc(C(C)(C)CCCCC)cc2)cc1. The van der Waals surface area contributed by atoms with Crippen molar-refractivity contribution < 1.29 is 14.2 Å². The minimum atomic E-state index is 0.209. The van der Waals surface area contributed by atoms with Gasteiger partial charge in [0.05, 0.1) is 13.2 Å². The van der Waals surface area contributed by atoms with E-state index in [0.717, 1.165) is 30.2 Å². The van der Waals surface area contributed by atoms with E-state index in [0.29, 0.717) is 26.4 Å². The van der Waals surface area contributed by atoms with Gasteiger partial charge in [-0.1, -0.05) is 95.7 Å². The van der Waals surface area contributed by atoms with Gasteiger partial charge in [-0.05, 0) is 59.8 Å². The monoisotopic (exact) mass is 505 g/mol. The summed E-state index contributed by atoms with van der Waals surface area (Å²) < 4.78 is 17.4. The fourth-order valence-electron chi connectivity index (χ4n) is 4.10. The lowest BCUT2D eigenvalue weighted by Crippen LogP contribution is -2.24. The zero-order chi connectivity index (χ0) is 26.9. The third kappa shape index (κ3) is 11.8. The molecule has 0 spiro atoms. The summed E-state index contributed by atoms with van der Waals surface area (Å²) in [4.78, 5) is 2.27. The Labute approximate surface area is 225 Å². The first kappa shape index (κ1) is 30.4. The molecule has 0 unspecified atom stereocenters. The average molecular weight is 506 g/mol. The van der Waals surface area contributed by atoms with Gasteiger partial charge in [0.25, 0.3) is 0 Å². The zero-order valence-electron chi connectivity index (χ0n) is 23.5. The molecule has 2 aromatic rings. The molecule has 0 radical (unpaired) electrons. The number of allylic oxidation sites excluding steroid dienone is 2. The number of hydrogen-bond donors (Lipinski definition) is 0. The lowest BCUT2D eigenvalue weighted by atomic mass is 9.80. The Morgan fingerprint density at radius 3 is 2.16 bits per heavy atom. The molecule has 0 saturated heterocycles. The topological polar surface area (TPSA) is 30.9 Å². The van der Waals surface area contributed by atoms with Gasteiger partial charge in [0.2, 0.25) is 0 Å². The van der Waals surface area contributed by atoms with Crippen molar-refractivity contribution in [1.29, 1.82) is 0 Å². The molecule has 0 saturated carbocycles. The molecule has 0 fully saturated rings. The summed E-state index contributed by atoms with van der Waals surface area (Å²) in [7, 11) is 2.12. The summed E-state index contributed by atoms with van der Waals surface area (Å²) in [6.45, 7) is 18.3. The molecule has 0 bridgehead atoms. The Balaban J connectivity index is 1.67. The van der Waals surface area contributed by atoms with Crippen LogP contribution in [0.4, 0.5) is 0 Å². The maximum Gasteiger partial charge on any atom is 0.119 e. The Kier molecular flexibility index (Phi) is 13.8. The number of ether oxygens (including phenoxy) is 3. The number of unbranched alkanes of at least 4 members (excludes halogenated alkanes) is 2. The van der Waals surface area contributed by atoms with E-state index in [1.807, 2.05) is 18.2 Å². The molecule has 0 atom stereocenters. The van der Waals surface area contributed by atoms with E-state index in [2.05, 4.69) is 82.3 Å². The fraction of sp³-hybridized carbons (Fsp3) is 0.455. The number of nitrogens with zero attached hydrogens (tertiary/aromatic N) is 1. The maximum atomic E-state index is 6.01.